The first-order valence-corrected chi connectivity index (χ1v) is 3.55. The van der Waals surface area contributed by atoms with Crippen LogP contribution in [-0.4, -0.2) is 0 Å². The van der Waals surface area contributed by atoms with Gasteiger partial charge in [-0.1, -0.05) is 19.1 Å². The summed E-state index contributed by atoms with van der Waals surface area (Å²) in [7, 11) is 4.17. The van der Waals surface area contributed by atoms with Crippen LogP contribution in [0.25, 0.3) is 0 Å². The molecule has 0 bridgehead atoms. The molecule has 0 amide bonds. The molecule has 0 unspecified atom stereocenters. The standard InChI is InChI=1S/C8H9P.2Na/c1-2-7-3-5-8(9)6-4-7;;/h3-6H,2H2,1H3;;/q-2;2*+1. The van der Waals surface area contributed by atoms with E-state index in [9.17, 15) is 0 Å². The van der Waals surface area contributed by atoms with Crippen LogP contribution < -0.4 is 64.4 Å². The van der Waals surface area contributed by atoms with Gasteiger partial charge < -0.3 is 14.5 Å². The van der Waals surface area contributed by atoms with E-state index in [1.165, 1.54) is 5.56 Å². The normalized spacial score (nSPS) is 7.82. The number of hydrogen-bond donors (Lipinski definition) is 0. The second kappa shape index (κ2) is 8.26. The van der Waals surface area contributed by atoms with Crippen LogP contribution in [0.2, 0.25) is 0 Å². The van der Waals surface area contributed by atoms with Gasteiger partial charge in [0, 0.05) is 0 Å². The third-order valence-electron chi connectivity index (χ3n) is 1.34. The van der Waals surface area contributed by atoms with Gasteiger partial charge in [-0.05, 0) is 12.0 Å². The van der Waals surface area contributed by atoms with Crippen molar-refractivity contribution in [2.75, 3.05) is 0 Å². The molecule has 0 saturated carbocycles. The minimum atomic E-state index is 0. The Morgan fingerprint density at radius 1 is 1.09 bits per heavy atom. The molecule has 1 rings (SSSR count). The molecular formula is C8H9Na2P. The maximum absolute atomic E-state index is 4.17. The molecule has 0 aliphatic carbocycles. The smallest absolute Gasteiger partial charge is 1.00 e. The molecule has 0 nitrogen and oxygen atoms in total. The Labute approximate surface area is 115 Å². The van der Waals surface area contributed by atoms with Crippen LogP contribution in [0.3, 0.4) is 0 Å². The van der Waals surface area contributed by atoms with Gasteiger partial charge in [-0.25, -0.2) is 0 Å². The van der Waals surface area contributed by atoms with Crippen molar-refractivity contribution >= 4 is 14.5 Å². The zero-order valence-corrected chi connectivity index (χ0v) is 12.4. The summed E-state index contributed by atoms with van der Waals surface area (Å²) < 4.78 is 0. The number of aryl methyl sites for hydroxylation is 1. The summed E-state index contributed by atoms with van der Waals surface area (Å²) in [6.45, 7) is 2.15. The van der Waals surface area contributed by atoms with Gasteiger partial charge in [0.05, 0.1) is 0 Å². The summed E-state index contributed by atoms with van der Waals surface area (Å²) in [5, 5.41) is 1.03. The minimum absolute atomic E-state index is 0. The van der Waals surface area contributed by atoms with Gasteiger partial charge in [0.1, 0.15) is 0 Å². The van der Waals surface area contributed by atoms with Crippen molar-refractivity contribution in [2.24, 2.45) is 0 Å². The van der Waals surface area contributed by atoms with Crippen LogP contribution >= 0.6 is 9.24 Å². The molecular weight excluding hydrogens is 173 g/mol. The van der Waals surface area contributed by atoms with Crippen molar-refractivity contribution in [1.82, 2.24) is 0 Å². The monoisotopic (exact) mass is 182 g/mol. The second-order valence-electron chi connectivity index (χ2n) is 2.02. The molecule has 0 heterocycles. The van der Waals surface area contributed by atoms with Crippen molar-refractivity contribution in [3.8, 4) is 0 Å². The molecule has 0 spiro atoms. The molecule has 0 aliphatic heterocycles. The average Bonchev–Trinajstić information content (AvgIpc) is 1.90. The van der Waals surface area contributed by atoms with Crippen LogP contribution in [-0.2, 0) is 6.42 Å². The molecule has 1 aromatic rings. The molecule has 1 aromatic carbocycles. The number of rotatable bonds is 1. The van der Waals surface area contributed by atoms with Crippen LogP contribution in [0.5, 0.6) is 0 Å². The largest absolute Gasteiger partial charge is 1.45 e. The molecule has 0 radical (unpaired) electrons. The van der Waals surface area contributed by atoms with Crippen LogP contribution in [0, 0.1) is 0 Å². The summed E-state index contributed by atoms with van der Waals surface area (Å²) in [6.07, 6.45) is 1.11. The molecule has 0 aromatic heterocycles. The van der Waals surface area contributed by atoms with Crippen LogP contribution in [0.4, 0.5) is 0 Å². The van der Waals surface area contributed by atoms with E-state index >= 15 is 0 Å². The topological polar surface area (TPSA) is 0 Å². The first kappa shape index (κ1) is 15.1. The van der Waals surface area contributed by atoms with Crippen molar-refractivity contribution in [2.45, 2.75) is 13.3 Å². The SMILES string of the molecule is CCc1ccc([P-2])cc1.[Na+].[Na+]. The molecule has 48 valence electrons. The fourth-order valence-electron chi connectivity index (χ4n) is 0.732. The molecule has 0 N–H and O–H groups in total. The van der Waals surface area contributed by atoms with E-state index in [0.717, 1.165) is 11.7 Å². The number of hydrogen-bond acceptors (Lipinski definition) is 0. The molecule has 0 aliphatic rings. The fourth-order valence-corrected chi connectivity index (χ4v) is 0.881. The quantitative estimate of drug-likeness (QED) is 0.310. The first-order chi connectivity index (χ1) is 4.33. The molecule has 0 atom stereocenters. The Balaban J connectivity index is 0. The predicted octanol–water partition coefficient (Wildman–Crippen LogP) is -3.71. The average molecular weight is 182 g/mol. The van der Waals surface area contributed by atoms with Crippen molar-refractivity contribution in [3.63, 3.8) is 0 Å². The van der Waals surface area contributed by atoms with Crippen molar-refractivity contribution in [3.05, 3.63) is 29.8 Å². The molecule has 0 fully saturated rings. The Hall–Kier alpha value is 1.65. The molecule has 11 heavy (non-hydrogen) atoms. The number of benzene rings is 1. The Morgan fingerprint density at radius 2 is 1.55 bits per heavy atom. The van der Waals surface area contributed by atoms with E-state index in [1.54, 1.807) is 0 Å². The van der Waals surface area contributed by atoms with E-state index in [1.807, 2.05) is 12.1 Å². The summed E-state index contributed by atoms with van der Waals surface area (Å²) in [4.78, 5) is 0. The van der Waals surface area contributed by atoms with E-state index < -0.39 is 0 Å². The summed E-state index contributed by atoms with van der Waals surface area (Å²) in [5.41, 5.74) is 1.37. The second-order valence-corrected chi connectivity index (χ2v) is 2.54. The van der Waals surface area contributed by atoms with Crippen molar-refractivity contribution in [1.29, 1.82) is 0 Å². The van der Waals surface area contributed by atoms with Gasteiger partial charge in [-0.3, -0.25) is 0 Å². The van der Waals surface area contributed by atoms with Gasteiger partial charge in [0.15, 0.2) is 0 Å². The maximum Gasteiger partial charge on any atom is 1.00 e. The summed E-state index contributed by atoms with van der Waals surface area (Å²) in [6, 6.07) is 8.23. The Morgan fingerprint density at radius 3 is 1.91 bits per heavy atom. The molecule has 3 heteroatoms. The van der Waals surface area contributed by atoms with Gasteiger partial charge >= 0.3 is 59.1 Å². The fraction of sp³-hybridized carbons (Fsp3) is 0.250. The van der Waals surface area contributed by atoms with Gasteiger partial charge in [-0.15, -0.1) is 12.1 Å². The van der Waals surface area contributed by atoms with Gasteiger partial charge in [0.25, 0.3) is 0 Å². The van der Waals surface area contributed by atoms with Crippen LogP contribution in [0.1, 0.15) is 12.5 Å². The van der Waals surface area contributed by atoms with Crippen LogP contribution in [0.15, 0.2) is 24.3 Å². The minimum Gasteiger partial charge on any atom is -1.45 e. The van der Waals surface area contributed by atoms with Gasteiger partial charge in [-0.2, -0.15) is 0 Å². The summed E-state index contributed by atoms with van der Waals surface area (Å²) >= 11 is 0. The molecule has 0 saturated heterocycles. The maximum atomic E-state index is 4.17. The Kier molecular flexibility index (Phi) is 11.4. The zero-order chi connectivity index (χ0) is 6.69. The summed E-state index contributed by atoms with van der Waals surface area (Å²) in [5.74, 6) is 0. The zero-order valence-electron chi connectivity index (χ0n) is 7.46. The van der Waals surface area contributed by atoms with E-state index in [4.69, 9.17) is 0 Å². The first-order valence-electron chi connectivity index (χ1n) is 3.11. The van der Waals surface area contributed by atoms with E-state index in [2.05, 4.69) is 28.3 Å². The van der Waals surface area contributed by atoms with E-state index in [0.29, 0.717) is 0 Å². The third-order valence-corrected chi connectivity index (χ3v) is 1.64. The Bertz CT molecular complexity index is 184. The van der Waals surface area contributed by atoms with Gasteiger partial charge in [0.2, 0.25) is 0 Å². The van der Waals surface area contributed by atoms with Crippen molar-refractivity contribution < 1.29 is 59.1 Å². The van der Waals surface area contributed by atoms with E-state index in [-0.39, 0.29) is 59.1 Å². The third kappa shape index (κ3) is 5.82. The predicted molar refractivity (Wildman–Crippen MR) is 42.4 cm³/mol.